The molecule has 2 rings (SSSR count). The third-order valence-electron chi connectivity index (χ3n) is 3.49. The molecule has 18 heavy (non-hydrogen) atoms. The lowest BCUT2D eigenvalue weighted by Gasteiger charge is -2.30. The van der Waals surface area contributed by atoms with Gasteiger partial charge in [-0.1, -0.05) is 0 Å². The highest BCUT2D eigenvalue weighted by atomic mass is 16.3. The first kappa shape index (κ1) is 12.7. The van der Waals surface area contributed by atoms with Crippen LogP contribution in [0.3, 0.4) is 0 Å². The van der Waals surface area contributed by atoms with E-state index in [-0.39, 0.29) is 11.8 Å². The lowest BCUT2D eigenvalue weighted by atomic mass is 9.77. The van der Waals surface area contributed by atoms with Crippen LogP contribution in [-0.2, 0) is 11.3 Å². The van der Waals surface area contributed by atoms with Crippen LogP contribution in [0.15, 0.2) is 22.8 Å². The van der Waals surface area contributed by atoms with Crippen molar-refractivity contribution in [3.05, 3.63) is 24.2 Å². The van der Waals surface area contributed by atoms with Gasteiger partial charge in [-0.2, -0.15) is 5.26 Å². The molecule has 1 saturated carbocycles. The van der Waals surface area contributed by atoms with Gasteiger partial charge in [0.25, 0.3) is 0 Å². The SMILES string of the molecule is N#CC1(N)CCC(C(=O)NCc2ccco2)CC1. The summed E-state index contributed by atoms with van der Waals surface area (Å²) in [6.45, 7) is 0.411. The normalized spacial score (nSPS) is 27.4. The van der Waals surface area contributed by atoms with Crippen molar-refractivity contribution in [2.24, 2.45) is 11.7 Å². The first-order valence-corrected chi connectivity index (χ1v) is 6.13. The summed E-state index contributed by atoms with van der Waals surface area (Å²) >= 11 is 0. The Morgan fingerprint density at radius 3 is 2.89 bits per heavy atom. The van der Waals surface area contributed by atoms with E-state index >= 15 is 0 Å². The molecule has 1 aliphatic carbocycles. The van der Waals surface area contributed by atoms with E-state index in [1.807, 2.05) is 6.07 Å². The van der Waals surface area contributed by atoms with Crippen molar-refractivity contribution in [2.45, 2.75) is 37.8 Å². The van der Waals surface area contributed by atoms with Gasteiger partial charge in [0, 0.05) is 5.92 Å². The van der Waals surface area contributed by atoms with Crippen LogP contribution in [0.1, 0.15) is 31.4 Å². The van der Waals surface area contributed by atoms with Crippen molar-refractivity contribution in [3.8, 4) is 6.07 Å². The lowest BCUT2D eigenvalue weighted by Crippen LogP contribution is -2.44. The van der Waals surface area contributed by atoms with E-state index in [1.54, 1.807) is 12.3 Å². The molecule has 1 heterocycles. The summed E-state index contributed by atoms with van der Waals surface area (Å²) in [6.07, 6.45) is 4.10. The van der Waals surface area contributed by atoms with E-state index in [0.717, 1.165) is 5.76 Å². The maximum Gasteiger partial charge on any atom is 0.223 e. The molecule has 0 radical (unpaired) electrons. The molecule has 1 aromatic rings. The number of nitrogens with zero attached hydrogens (tertiary/aromatic N) is 1. The van der Waals surface area contributed by atoms with Crippen LogP contribution in [0.25, 0.3) is 0 Å². The molecule has 0 aliphatic heterocycles. The van der Waals surface area contributed by atoms with Crippen molar-refractivity contribution in [2.75, 3.05) is 0 Å². The molecule has 1 aliphatic rings. The summed E-state index contributed by atoms with van der Waals surface area (Å²) in [5.41, 5.74) is 5.13. The van der Waals surface area contributed by atoms with Crippen molar-refractivity contribution in [1.82, 2.24) is 5.32 Å². The number of carbonyl (C=O) groups is 1. The number of carbonyl (C=O) groups excluding carboxylic acids is 1. The van der Waals surface area contributed by atoms with Gasteiger partial charge in [-0.3, -0.25) is 4.79 Å². The van der Waals surface area contributed by atoms with Gasteiger partial charge in [-0.25, -0.2) is 0 Å². The molecular weight excluding hydrogens is 230 g/mol. The third kappa shape index (κ3) is 2.90. The number of furan rings is 1. The molecule has 0 bridgehead atoms. The van der Waals surface area contributed by atoms with Crippen molar-refractivity contribution < 1.29 is 9.21 Å². The summed E-state index contributed by atoms with van der Waals surface area (Å²) in [6, 6.07) is 5.74. The number of hydrogen-bond acceptors (Lipinski definition) is 4. The summed E-state index contributed by atoms with van der Waals surface area (Å²) in [5.74, 6) is 0.723. The minimum atomic E-state index is -0.738. The Bertz CT molecular complexity index is 439. The Kier molecular flexibility index (Phi) is 3.68. The molecule has 0 atom stereocenters. The molecule has 3 N–H and O–H groups in total. The lowest BCUT2D eigenvalue weighted by molar-refractivity contribution is -0.126. The highest BCUT2D eigenvalue weighted by molar-refractivity contribution is 5.78. The van der Waals surface area contributed by atoms with E-state index in [1.165, 1.54) is 0 Å². The van der Waals surface area contributed by atoms with Crippen LogP contribution in [0.4, 0.5) is 0 Å². The molecular formula is C13H17N3O2. The molecule has 5 nitrogen and oxygen atoms in total. The van der Waals surface area contributed by atoms with Gasteiger partial charge in [0.1, 0.15) is 11.3 Å². The van der Waals surface area contributed by atoms with Gasteiger partial charge >= 0.3 is 0 Å². The fraction of sp³-hybridized carbons (Fsp3) is 0.538. The van der Waals surface area contributed by atoms with Crippen molar-refractivity contribution in [3.63, 3.8) is 0 Å². The Labute approximate surface area is 106 Å². The van der Waals surface area contributed by atoms with E-state index < -0.39 is 5.54 Å². The van der Waals surface area contributed by atoms with E-state index in [4.69, 9.17) is 15.4 Å². The zero-order chi connectivity index (χ0) is 13.0. The molecule has 1 fully saturated rings. The standard InChI is InChI=1S/C13H17N3O2/c14-9-13(15)5-3-10(4-6-13)12(17)16-8-11-2-1-7-18-11/h1-2,7,10H,3-6,8,15H2,(H,16,17). The van der Waals surface area contributed by atoms with Crippen molar-refractivity contribution >= 4 is 5.91 Å². The maximum absolute atomic E-state index is 11.9. The minimum absolute atomic E-state index is 0.0198. The number of rotatable bonds is 3. The van der Waals surface area contributed by atoms with Gasteiger partial charge in [0.05, 0.1) is 18.9 Å². The van der Waals surface area contributed by atoms with E-state index in [2.05, 4.69) is 11.4 Å². The highest BCUT2D eigenvalue weighted by Gasteiger charge is 2.34. The second-order valence-electron chi connectivity index (χ2n) is 4.84. The fourth-order valence-electron chi connectivity index (χ4n) is 2.24. The Morgan fingerprint density at radius 2 is 2.33 bits per heavy atom. The van der Waals surface area contributed by atoms with Gasteiger partial charge in [0.15, 0.2) is 0 Å². The zero-order valence-corrected chi connectivity index (χ0v) is 10.2. The Balaban J connectivity index is 1.79. The minimum Gasteiger partial charge on any atom is -0.467 e. The molecule has 1 aromatic heterocycles. The van der Waals surface area contributed by atoms with Gasteiger partial charge in [0.2, 0.25) is 5.91 Å². The first-order valence-electron chi connectivity index (χ1n) is 6.13. The second-order valence-corrected chi connectivity index (χ2v) is 4.84. The molecule has 0 aromatic carbocycles. The average molecular weight is 247 g/mol. The molecule has 96 valence electrons. The van der Waals surface area contributed by atoms with Crippen LogP contribution >= 0.6 is 0 Å². The topological polar surface area (TPSA) is 92.0 Å². The number of nitrogens with one attached hydrogen (secondary N) is 1. The van der Waals surface area contributed by atoms with Crippen molar-refractivity contribution in [1.29, 1.82) is 5.26 Å². The Morgan fingerprint density at radius 1 is 1.61 bits per heavy atom. The summed E-state index contributed by atoms with van der Waals surface area (Å²) < 4.78 is 5.14. The quantitative estimate of drug-likeness (QED) is 0.842. The monoisotopic (exact) mass is 247 g/mol. The van der Waals surface area contributed by atoms with E-state index in [0.29, 0.717) is 32.2 Å². The third-order valence-corrected chi connectivity index (χ3v) is 3.49. The molecule has 5 heteroatoms. The Hall–Kier alpha value is -1.80. The average Bonchev–Trinajstić information content (AvgIpc) is 2.90. The van der Waals surface area contributed by atoms with Gasteiger partial charge < -0.3 is 15.5 Å². The second kappa shape index (κ2) is 5.23. The summed E-state index contributed by atoms with van der Waals surface area (Å²) in [4.78, 5) is 11.9. The smallest absolute Gasteiger partial charge is 0.223 e. The van der Waals surface area contributed by atoms with Gasteiger partial charge in [-0.15, -0.1) is 0 Å². The molecule has 0 unspecified atom stereocenters. The highest BCUT2D eigenvalue weighted by Crippen LogP contribution is 2.30. The van der Waals surface area contributed by atoms with Crippen LogP contribution in [0, 0.1) is 17.2 Å². The number of nitriles is 1. The summed E-state index contributed by atoms with van der Waals surface area (Å²) in [7, 11) is 0. The largest absolute Gasteiger partial charge is 0.467 e. The maximum atomic E-state index is 11.9. The van der Waals surface area contributed by atoms with E-state index in [9.17, 15) is 4.79 Å². The zero-order valence-electron chi connectivity index (χ0n) is 10.2. The summed E-state index contributed by atoms with van der Waals surface area (Å²) in [5, 5.41) is 11.8. The van der Waals surface area contributed by atoms with Gasteiger partial charge in [-0.05, 0) is 37.8 Å². The first-order chi connectivity index (χ1) is 8.63. The number of amides is 1. The molecule has 0 spiro atoms. The fourth-order valence-corrected chi connectivity index (χ4v) is 2.24. The van der Waals surface area contributed by atoms with Crippen LogP contribution in [0.5, 0.6) is 0 Å². The predicted molar refractivity (Wildman–Crippen MR) is 65.0 cm³/mol. The van der Waals surface area contributed by atoms with Crippen LogP contribution in [0.2, 0.25) is 0 Å². The van der Waals surface area contributed by atoms with Crippen LogP contribution in [-0.4, -0.2) is 11.4 Å². The van der Waals surface area contributed by atoms with Crippen LogP contribution < -0.4 is 11.1 Å². The number of nitrogens with two attached hydrogens (primary N) is 1. The molecule has 1 amide bonds. The number of hydrogen-bond donors (Lipinski definition) is 2. The molecule has 0 saturated heterocycles. The predicted octanol–water partition coefficient (Wildman–Crippen LogP) is 1.31.